The van der Waals surface area contributed by atoms with Gasteiger partial charge in [-0.15, -0.1) is 0 Å². The summed E-state index contributed by atoms with van der Waals surface area (Å²) in [5.41, 5.74) is 1.36. The van der Waals surface area contributed by atoms with Crippen LogP contribution in [-0.4, -0.2) is 25.3 Å². The number of benzene rings is 1. The zero-order valence-corrected chi connectivity index (χ0v) is 11.3. The fourth-order valence-electron chi connectivity index (χ4n) is 2.05. The van der Waals surface area contributed by atoms with Gasteiger partial charge in [0.15, 0.2) is 0 Å². The summed E-state index contributed by atoms with van der Waals surface area (Å²) >= 11 is 0. The lowest BCUT2D eigenvalue weighted by molar-refractivity contribution is 0.125. The first kappa shape index (κ1) is 14.0. The molecule has 1 aliphatic rings. The summed E-state index contributed by atoms with van der Waals surface area (Å²) in [6, 6.07) is 13.3. The van der Waals surface area contributed by atoms with Crippen molar-refractivity contribution in [3.63, 3.8) is 0 Å². The van der Waals surface area contributed by atoms with Crippen LogP contribution in [0.5, 0.6) is 0 Å². The molecule has 0 heterocycles. The van der Waals surface area contributed by atoms with Crippen LogP contribution in [-0.2, 0) is 11.2 Å². The molecular weight excluding hydrogens is 236 g/mol. The van der Waals surface area contributed by atoms with Crippen LogP contribution in [0.25, 0.3) is 0 Å². The van der Waals surface area contributed by atoms with E-state index in [1.54, 1.807) is 0 Å². The molecule has 0 saturated heterocycles. The van der Waals surface area contributed by atoms with Crippen molar-refractivity contribution in [2.75, 3.05) is 13.2 Å². The van der Waals surface area contributed by atoms with Gasteiger partial charge in [-0.05, 0) is 37.7 Å². The number of aryl methyl sites for hydroxylation is 1. The maximum atomic E-state index is 8.99. The van der Waals surface area contributed by atoms with E-state index in [1.165, 1.54) is 18.4 Å². The lowest BCUT2D eigenvalue weighted by Gasteiger charge is -2.10. The van der Waals surface area contributed by atoms with E-state index in [0.29, 0.717) is 12.6 Å². The molecule has 0 radical (unpaired) electrons. The van der Waals surface area contributed by atoms with E-state index in [0.717, 1.165) is 25.9 Å². The molecule has 0 bridgehead atoms. The molecule has 1 aromatic rings. The van der Waals surface area contributed by atoms with Crippen LogP contribution in [0.4, 0.5) is 0 Å². The number of hydrogen-bond donors (Lipinski definition) is 1. The molecule has 19 heavy (non-hydrogen) atoms. The normalized spacial score (nSPS) is 15.9. The summed E-state index contributed by atoms with van der Waals surface area (Å²) in [5.74, 6) is 0. The Hall–Kier alpha value is -1.37. The zero-order valence-electron chi connectivity index (χ0n) is 11.3. The molecule has 0 amide bonds. The Balaban J connectivity index is 1.48. The largest absolute Gasteiger partial charge is 0.381 e. The van der Waals surface area contributed by atoms with Gasteiger partial charge in [-0.3, -0.25) is 5.32 Å². The second kappa shape index (κ2) is 7.93. The highest BCUT2D eigenvalue weighted by Crippen LogP contribution is 2.19. The van der Waals surface area contributed by atoms with E-state index in [2.05, 4.69) is 35.7 Å². The van der Waals surface area contributed by atoms with Gasteiger partial charge < -0.3 is 4.74 Å². The highest BCUT2D eigenvalue weighted by Gasteiger charge is 2.24. The zero-order chi connectivity index (χ0) is 13.3. The Morgan fingerprint density at radius 2 is 2.05 bits per heavy atom. The van der Waals surface area contributed by atoms with Gasteiger partial charge in [-0.1, -0.05) is 30.3 Å². The van der Waals surface area contributed by atoms with Crippen LogP contribution >= 0.6 is 0 Å². The fourth-order valence-corrected chi connectivity index (χ4v) is 2.05. The molecule has 0 spiro atoms. The summed E-state index contributed by atoms with van der Waals surface area (Å²) in [6.45, 7) is 1.45. The Morgan fingerprint density at radius 1 is 1.26 bits per heavy atom. The minimum absolute atomic E-state index is 0.0402. The maximum Gasteiger partial charge on any atom is 0.0977 e. The molecule has 3 nitrogen and oxygen atoms in total. The predicted molar refractivity (Wildman–Crippen MR) is 75.8 cm³/mol. The number of rotatable bonds is 9. The van der Waals surface area contributed by atoms with Gasteiger partial charge in [0.2, 0.25) is 0 Å². The van der Waals surface area contributed by atoms with Crippen molar-refractivity contribution >= 4 is 0 Å². The van der Waals surface area contributed by atoms with Crippen LogP contribution in [0.2, 0.25) is 0 Å². The van der Waals surface area contributed by atoms with Crippen LogP contribution in [0.1, 0.15) is 31.2 Å². The maximum absolute atomic E-state index is 8.99. The SMILES string of the molecule is N#CC(CCOCCCc1ccccc1)NC1CC1. The van der Waals surface area contributed by atoms with Gasteiger partial charge in [0.1, 0.15) is 0 Å². The van der Waals surface area contributed by atoms with E-state index in [1.807, 2.05) is 6.07 Å². The van der Waals surface area contributed by atoms with Crippen LogP contribution in [0, 0.1) is 11.3 Å². The summed E-state index contributed by atoms with van der Waals surface area (Å²) in [4.78, 5) is 0. The number of ether oxygens (including phenoxy) is 1. The van der Waals surface area contributed by atoms with Crippen LogP contribution < -0.4 is 5.32 Å². The third-order valence-electron chi connectivity index (χ3n) is 3.32. The van der Waals surface area contributed by atoms with Gasteiger partial charge >= 0.3 is 0 Å². The monoisotopic (exact) mass is 258 g/mol. The third kappa shape index (κ3) is 5.87. The van der Waals surface area contributed by atoms with Crippen molar-refractivity contribution in [1.82, 2.24) is 5.32 Å². The Labute approximate surface area is 115 Å². The van der Waals surface area contributed by atoms with E-state index >= 15 is 0 Å². The molecule has 3 heteroatoms. The first-order valence-electron chi connectivity index (χ1n) is 7.16. The molecule has 1 atom stereocenters. The highest BCUT2D eigenvalue weighted by molar-refractivity contribution is 5.14. The molecular formula is C16H22N2O. The summed E-state index contributed by atoms with van der Waals surface area (Å²) in [6.07, 6.45) is 5.32. The van der Waals surface area contributed by atoms with Crippen molar-refractivity contribution < 1.29 is 4.74 Å². The molecule has 0 aliphatic heterocycles. The summed E-state index contributed by atoms with van der Waals surface area (Å²) in [5, 5.41) is 12.3. The lowest BCUT2D eigenvalue weighted by atomic mass is 10.1. The van der Waals surface area contributed by atoms with Crippen molar-refractivity contribution in [3.05, 3.63) is 35.9 Å². The first-order chi connectivity index (χ1) is 9.38. The third-order valence-corrected chi connectivity index (χ3v) is 3.32. The van der Waals surface area contributed by atoms with E-state index in [4.69, 9.17) is 10.00 Å². The van der Waals surface area contributed by atoms with Crippen LogP contribution in [0.3, 0.4) is 0 Å². The average molecular weight is 258 g/mol. The average Bonchev–Trinajstić information content (AvgIpc) is 3.26. The van der Waals surface area contributed by atoms with Crippen molar-refractivity contribution in [2.24, 2.45) is 0 Å². The molecule has 2 rings (SSSR count). The second-order valence-corrected chi connectivity index (χ2v) is 5.11. The van der Waals surface area contributed by atoms with E-state index in [9.17, 15) is 0 Å². The predicted octanol–water partition coefficient (Wildman–Crippen LogP) is 2.67. The number of nitrogens with one attached hydrogen (secondary N) is 1. The van der Waals surface area contributed by atoms with E-state index < -0.39 is 0 Å². The van der Waals surface area contributed by atoms with Gasteiger partial charge in [-0.25, -0.2) is 0 Å². The Bertz CT molecular complexity index is 395. The number of nitrogens with zero attached hydrogens (tertiary/aromatic N) is 1. The molecule has 1 aromatic carbocycles. The molecule has 1 unspecified atom stereocenters. The number of nitriles is 1. The highest BCUT2D eigenvalue weighted by atomic mass is 16.5. The molecule has 102 valence electrons. The molecule has 1 saturated carbocycles. The van der Waals surface area contributed by atoms with E-state index in [-0.39, 0.29) is 6.04 Å². The van der Waals surface area contributed by atoms with Crippen molar-refractivity contribution in [1.29, 1.82) is 5.26 Å². The molecule has 1 N–H and O–H groups in total. The summed E-state index contributed by atoms with van der Waals surface area (Å²) in [7, 11) is 0. The minimum Gasteiger partial charge on any atom is -0.381 e. The topological polar surface area (TPSA) is 45.0 Å². The van der Waals surface area contributed by atoms with Gasteiger partial charge in [0.05, 0.1) is 12.1 Å². The first-order valence-corrected chi connectivity index (χ1v) is 7.16. The Kier molecular flexibility index (Phi) is 5.87. The fraction of sp³-hybridized carbons (Fsp3) is 0.562. The summed E-state index contributed by atoms with van der Waals surface area (Å²) < 4.78 is 5.60. The van der Waals surface area contributed by atoms with Gasteiger partial charge in [0.25, 0.3) is 0 Å². The minimum atomic E-state index is -0.0402. The Morgan fingerprint density at radius 3 is 2.74 bits per heavy atom. The molecule has 0 aromatic heterocycles. The smallest absolute Gasteiger partial charge is 0.0977 e. The van der Waals surface area contributed by atoms with Crippen LogP contribution in [0.15, 0.2) is 30.3 Å². The van der Waals surface area contributed by atoms with Gasteiger partial charge in [-0.2, -0.15) is 5.26 Å². The molecule has 1 aliphatic carbocycles. The van der Waals surface area contributed by atoms with Crippen molar-refractivity contribution in [2.45, 2.75) is 44.2 Å². The van der Waals surface area contributed by atoms with Gasteiger partial charge in [0, 0.05) is 19.3 Å². The molecule has 1 fully saturated rings. The quantitative estimate of drug-likeness (QED) is 0.693. The standard InChI is InChI=1S/C16H22N2O/c17-13-16(18-15-8-9-15)10-12-19-11-4-7-14-5-2-1-3-6-14/h1-3,5-6,15-16,18H,4,7-12H2. The van der Waals surface area contributed by atoms with Crippen molar-refractivity contribution in [3.8, 4) is 6.07 Å². The lowest BCUT2D eigenvalue weighted by Crippen LogP contribution is -2.30. The number of hydrogen-bond acceptors (Lipinski definition) is 3. The second-order valence-electron chi connectivity index (χ2n) is 5.11.